The monoisotopic (exact) mass is 375 g/mol. The first-order chi connectivity index (χ1) is 13.7. The van der Waals surface area contributed by atoms with E-state index in [0.717, 1.165) is 31.7 Å². The van der Waals surface area contributed by atoms with Crippen LogP contribution in [0, 0.1) is 18.2 Å². The lowest BCUT2D eigenvalue weighted by atomic mass is 10.1. The van der Waals surface area contributed by atoms with Gasteiger partial charge in [-0.05, 0) is 24.6 Å². The molecule has 1 saturated heterocycles. The Hall–Kier alpha value is -2.61. The molecule has 0 radical (unpaired) electrons. The lowest BCUT2D eigenvalue weighted by Crippen LogP contribution is -2.50. The minimum Gasteiger partial charge on any atom is -0.336 e. The predicted octanol–water partition coefficient (Wildman–Crippen LogP) is 4.12. The Morgan fingerprint density at radius 3 is 2.61 bits per heavy atom. The molecule has 0 saturated carbocycles. The third-order valence-electron chi connectivity index (χ3n) is 5.71. The third kappa shape index (κ3) is 3.82. The van der Waals surface area contributed by atoms with Gasteiger partial charge in [0.2, 0.25) is 0 Å². The zero-order valence-corrected chi connectivity index (χ0v) is 16.3. The average Bonchev–Trinajstić information content (AvgIpc) is 3.04. The summed E-state index contributed by atoms with van der Waals surface area (Å²) in [5, 5.41) is 1.28. The van der Waals surface area contributed by atoms with Crippen molar-refractivity contribution in [3.05, 3.63) is 71.7 Å². The van der Waals surface area contributed by atoms with E-state index in [0.29, 0.717) is 19.1 Å². The van der Waals surface area contributed by atoms with Gasteiger partial charge >= 0.3 is 0 Å². The first-order valence-corrected chi connectivity index (χ1v) is 9.85. The summed E-state index contributed by atoms with van der Waals surface area (Å²) in [7, 11) is 0. The van der Waals surface area contributed by atoms with E-state index >= 15 is 0 Å². The largest absolute Gasteiger partial charge is 0.336 e. The summed E-state index contributed by atoms with van der Waals surface area (Å²) in [5.41, 5.74) is 3.29. The second kappa shape index (κ2) is 8.18. The molecule has 28 heavy (non-hydrogen) atoms. The molecular formula is C24H26FN3. The molecule has 1 atom stereocenters. The van der Waals surface area contributed by atoms with Crippen molar-refractivity contribution in [1.29, 1.82) is 0 Å². The molecule has 2 aromatic carbocycles. The van der Waals surface area contributed by atoms with Gasteiger partial charge in [0, 0.05) is 61.4 Å². The van der Waals surface area contributed by atoms with Crippen molar-refractivity contribution in [1.82, 2.24) is 14.4 Å². The smallest absolute Gasteiger partial charge is 0.127 e. The van der Waals surface area contributed by atoms with E-state index in [4.69, 9.17) is 6.42 Å². The summed E-state index contributed by atoms with van der Waals surface area (Å²) < 4.78 is 16.1. The van der Waals surface area contributed by atoms with Crippen molar-refractivity contribution < 1.29 is 4.39 Å². The molecule has 1 fully saturated rings. The van der Waals surface area contributed by atoms with Gasteiger partial charge in [-0.15, -0.1) is 6.42 Å². The number of rotatable bonds is 5. The van der Waals surface area contributed by atoms with E-state index in [1.54, 1.807) is 12.1 Å². The highest BCUT2D eigenvalue weighted by Crippen LogP contribution is 2.24. The van der Waals surface area contributed by atoms with Crippen molar-refractivity contribution >= 4 is 10.9 Å². The molecule has 1 aromatic heterocycles. The maximum absolute atomic E-state index is 14.0. The van der Waals surface area contributed by atoms with Crippen molar-refractivity contribution in [3.63, 3.8) is 0 Å². The molecule has 0 aliphatic carbocycles. The molecule has 3 aromatic rings. The van der Waals surface area contributed by atoms with Gasteiger partial charge in [-0.2, -0.15) is 0 Å². The van der Waals surface area contributed by atoms with Gasteiger partial charge in [0.05, 0.1) is 6.54 Å². The van der Waals surface area contributed by atoms with Gasteiger partial charge < -0.3 is 4.57 Å². The Morgan fingerprint density at radius 2 is 1.82 bits per heavy atom. The number of benzene rings is 2. The van der Waals surface area contributed by atoms with E-state index < -0.39 is 0 Å². The van der Waals surface area contributed by atoms with E-state index in [1.807, 2.05) is 12.1 Å². The summed E-state index contributed by atoms with van der Waals surface area (Å²) in [6.07, 6.45) is 7.74. The summed E-state index contributed by atoms with van der Waals surface area (Å²) in [4.78, 5) is 4.86. The van der Waals surface area contributed by atoms with Gasteiger partial charge in [-0.1, -0.05) is 42.3 Å². The van der Waals surface area contributed by atoms with Crippen LogP contribution < -0.4 is 0 Å². The normalized spacial score (nSPS) is 18.4. The fraction of sp³-hybridized carbons (Fsp3) is 0.333. The average molecular weight is 375 g/mol. The van der Waals surface area contributed by atoms with Gasteiger partial charge in [0.25, 0.3) is 0 Å². The van der Waals surface area contributed by atoms with Crippen molar-refractivity contribution in [2.75, 3.05) is 19.6 Å². The number of fused-ring (bicyclic) bond motifs is 1. The molecule has 4 heteroatoms. The molecule has 4 rings (SSSR count). The molecule has 3 nitrogen and oxygen atoms in total. The van der Waals surface area contributed by atoms with Crippen LogP contribution in [-0.4, -0.2) is 40.0 Å². The SMILES string of the molecule is C#CCn1cc(CN2CCN(Cc3ccccc3F)C[C@H]2C)c2ccccc21. The summed E-state index contributed by atoms with van der Waals surface area (Å²) in [6, 6.07) is 15.9. The molecular weight excluding hydrogens is 349 g/mol. The molecule has 0 unspecified atom stereocenters. The Kier molecular flexibility index (Phi) is 5.47. The number of hydrogen-bond acceptors (Lipinski definition) is 2. The number of para-hydroxylation sites is 1. The lowest BCUT2D eigenvalue weighted by Gasteiger charge is -2.40. The molecule has 0 N–H and O–H groups in total. The molecule has 0 bridgehead atoms. The van der Waals surface area contributed by atoms with E-state index in [-0.39, 0.29) is 5.82 Å². The van der Waals surface area contributed by atoms with Crippen molar-refractivity contribution in [2.45, 2.75) is 32.6 Å². The zero-order valence-electron chi connectivity index (χ0n) is 16.3. The number of terminal acetylenes is 1. The van der Waals surface area contributed by atoms with Gasteiger partial charge in [-0.25, -0.2) is 4.39 Å². The summed E-state index contributed by atoms with van der Waals surface area (Å²) in [5.74, 6) is 2.64. The second-order valence-corrected chi connectivity index (χ2v) is 7.65. The van der Waals surface area contributed by atoms with Crippen molar-refractivity contribution in [3.8, 4) is 12.3 Å². The lowest BCUT2D eigenvalue weighted by molar-refractivity contribution is 0.0729. The highest BCUT2D eigenvalue weighted by molar-refractivity contribution is 5.84. The fourth-order valence-electron chi connectivity index (χ4n) is 4.21. The first kappa shape index (κ1) is 18.7. The Bertz CT molecular complexity index is 1000. The number of nitrogens with zero attached hydrogens (tertiary/aromatic N) is 3. The van der Waals surface area contributed by atoms with E-state index in [2.05, 4.69) is 57.7 Å². The van der Waals surface area contributed by atoms with Crippen LogP contribution in [0.4, 0.5) is 4.39 Å². The second-order valence-electron chi connectivity index (χ2n) is 7.65. The summed E-state index contributed by atoms with van der Waals surface area (Å²) >= 11 is 0. The van der Waals surface area contributed by atoms with E-state index in [9.17, 15) is 4.39 Å². The molecule has 2 heterocycles. The quantitative estimate of drug-likeness (QED) is 0.622. The Labute approximate surface area is 166 Å². The van der Waals surface area contributed by atoms with Crippen molar-refractivity contribution in [2.24, 2.45) is 0 Å². The van der Waals surface area contributed by atoms with Crippen LogP contribution in [0.3, 0.4) is 0 Å². The minimum absolute atomic E-state index is 0.112. The first-order valence-electron chi connectivity index (χ1n) is 9.85. The highest BCUT2D eigenvalue weighted by atomic mass is 19.1. The third-order valence-corrected chi connectivity index (χ3v) is 5.71. The highest BCUT2D eigenvalue weighted by Gasteiger charge is 2.25. The maximum atomic E-state index is 14.0. The van der Waals surface area contributed by atoms with Crippen LogP contribution in [0.5, 0.6) is 0 Å². The van der Waals surface area contributed by atoms with Crippen LogP contribution in [0.15, 0.2) is 54.7 Å². The van der Waals surface area contributed by atoms with Crippen LogP contribution in [-0.2, 0) is 19.6 Å². The molecule has 1 aliphatic heterocycles. The van der Waals surface area contributed by atoms with Gasteiger partial charge in [-0.3, -0.25) is 9.80 Å². The minimum atomic E-state index is -0.112. The fourth-order valence-corrected chi connectivity index (χ4v) is 4.21. The van der Waals surface area contributed by atoms with Crippen LogP contribution in [0.25, 0.3) is 10.9 Å². The van der Waals surface area contributed by atoms with Crippen LogP contribution >= 0.6 is 0 Å². The Balaban J connectivity index is 1.45. The molecule has 144 valence electrons. The number of hydrogen-bond donors (Lipinski definition) is 0. The summed E-state index contributed by atoms with van der Waals surface area (Å²) in [6.45, 7) is 7.29. The molecule has 0 spiro atoms. The van der Waals surface area contributed by atoms with Crippen LogP contribution in [0.1, 0.15) is 18.1 Å². The van der Waals surface area contributed by atoms with Gasteiger partial charge in [0.1, 0.15) is 5.82 Å². The zero-order chi connectivity index (χ0) is 19.5. The van der Waals surface area contributed by atoms with Gasteiger partial charge in [0.15, 0.2) is 0 Å². The predicted molar refractivity (Wildman–Crippen MR) is 112 cm³/mol. The number of halogens is 1. The number of piperazine rings is 1. The van der Waals surface area contributed by atoms with E-state index in [1.165, 1.54) is 16.5 Å². The maximum Gasteiger partial charge on any atom is 0.127 e. The molecule has 0 amide bonds. The number of aromatic nitrogens is 1. The standard InChI is InChI=1S/C24H26FN3/c1-3-12-28-18-21(22-9-5-7-11-24(22)28)17-27-14-13-26(15-19(27)2)16-20-8-4-6-10-23(20)25/h1,4-11,18-19H,12-17H2,2H3/t19-/m1/s1. The molecule has 1 aliphatic rings. The topological polar surface area (TPSA) is 11.4 Å². The van der Waals surface area contributed by atoms with Crippen LogP contribution in [0.2, 0.25) is 0 Å². The Morgan fingerprint density at radius 1 is 1.04 bits per heavy atom.